The number of hydrogen-bond acceptors (Lipinski definition) is 5. The van der Waals surface area contributed by atoms with Crippen molar-refractivity contribution in [2.24, 2.45) is 0 Å². The van der Waals surface area contributed by atoms with E-state index >= 15 is 0 Å². The van der Waals surface area contributed by atoms with Gasteiger partial charge in [-0.25, -0.2) is 13.6 Å². The summed E-state index contributed by atoms with van der Waals surface area (Å²) in [5, 5.41) is 21.7. The van der Waals surface area contributed by atoms with E-state index in [-0.39, 0.29) is 6.54 Å². The van der Waals surface area contributed by atoms with Crippen molar-refractivity contribution in [2.75, 3.05) is 11.9 Å². The van der Waals surface area contributed by atoms with E-state index in [0.29, 0.717) is 25.0 Å². The van der Waals surface area contributed by atoms with Gasteiger partial charge in [-0.3, -0.25) is 10.1 Å². The van der Waals surface area contributed by atoms with Crippen LogP contribution in [0.5, 0.6) is 0 Å². The Kier molecular flexibility index (Phi) is 4.32. The van der Waals surface area contributed by atoms with E-state index in [1.807, 2.05) is 0 Å². The zero-order valence-electron chi connectivity index (χ0n) is 10.7. The predicted octanol–water partition coefficient (Wildman–Crippen LogP) is 1.92. The summed E-state index contributed by atoms with van der Waals surface area (Å²) in [5.74, 6) is -3.26. The standard InChI is InChI=1S/C12H12F2N2O5/c13-8-3-6(16(19)20)4-9(14)11(8)15-5-7-1-2-10(21-7)12(17)18/h3-4,7,10,15H,1-2,5H2,(H,17,18). The van der Waals surface area contributed by atoms with Gasteiger partial charge in [-0.1, -0.05) is 0 Å². The second kappa shape index (κ2) is 6.00. The molecule has 2 N–H and O–H groups in total. The zero-order valence-corrected chi connectivity index (χ0v) is 10.7. The molecular weight excluding hydrogens is 290 g/mol. The Bertz CT molecular complexity index is 558. The van der Waals surface area contributed by atoms with Gasteiger partial charge < -0.3 is 15.2 Å². The van der Waals surface area contributed by atoms with Gasteiger partial charge in [-0.2, -0.15) is 0 Å². The zero-order chi connectivity index (χ0) is 15.6. The molecule has 1 aliphatic heterocycles. The second-order valence-corrected chi connectivity index (χ2v) is 4.58. The minimum atomic E-state index is -1.09. The van der Waals surface area contributed by atoms with Crippen LogP contribution in [-0.2, 0) is 9.53 Å². The van der Waals surface area contributed by atoms with E-state index in [0.717, 1.165) is 0 Å². The lowest BCUT2D eigenvalue weighted by Gasteiger charge is -2.14. The van der Waals surface area contributed by atoms with Gasteiger partial charge in [0.2, 0.25) is 0 Å². The van der Waals surface area contributed by atoms with Crippen molar-refractivity contribution in [3.8, 4) is 0 Å². The molecule has 0 amide bonds. The molecule has 7 nitrogen and oxygen atoms in total. The molecule has 2 atom stereocenters. The summed E-state index contributed by atoms with van der Waals surface area (Å²) in [5.41, 5.74) is -1.18. The minimum Gasteiger partial charge on any atom is -0.479 e. The fourth-order valence-electron chi connectivity index (χ4n) is 2.09. The van der Waals surface area contributed by atoms with Crippen molar-refractivity contribution in [2.45, 2.75) is 25.0 Å². The number of nitro groups is 1. The Morgan fingerprint density at radius 3 is 2.52 bits per heavy atom. The van der Waals surface area contributed by atoms with Gasteiger partial charge in [-0.15, -0.1) is 0 Å². The van der Waals surface area contributed by atoms with Crippen LogP contribution in [0.25, 0.3) is 0 Å². The van der Waals surface area contributed by atoms with Crippen LogP contribution in [-0.4, -0.2) is 34.8 Å². The fraction of sp³-hybridized carbons (Fsp3) is 0.417. The molecule has 1 saturated heterocycles. The lowest BCUT2D eigenvalue weighted by molar-refractivity contribution is -0.385. The van der Waals surface area contributed by atoms with Gasteiger partial charge in [-0.05, 0) is 12.8 Å². The first-order valence-corrected chi connectivity index (χ1v) is 6.14. The molecule has 2 rings (SSSR count). The average Bonchev–Trinajstić information content (AvgIpc) is 2.86. The van der Waals surface area contributed by atoms with Crippen LogP contribution in [0, 0.1) is 21.7 Å². The van der Waals surface area contributed by atoms with E-state index in [9.17, 15) is 23.7 Å². The topological polar surface area (TPSA) is 102 Å². The minimum absolute atomic E-state index is 0.00936. The number of ether oxygens (including phenoxy) is 1. The number of carbonyl (C=O) groups is 1. The molecule has 114 valence electrons. The maximum Gasteiger partial charge on any atom is 0.332 e. The van der Waals surface area contributed by atoms with Gasteiger partial charge in [0, 0.05) is 6.54 Å². The number of rotatable bonds is 5. The monoisotopic (exact) mass is 302 g/mol. The summed E-state index contributed by atoms with van der Waals surface area (Å²) in [4.78, 5) is 20.3. The van der Waals surface area contributed by atoms with Gasteiger partial charge in [0.05, 0.1) is 23.2 Å². The van der Waals surface area contributed by atoms with E-state index < -0.39 is 46.1 Å². The van der Waals surface area contributed by atoms with E-state index in [1.165, 1.54) is 0 Å². The third-order valence-electron chi connectivity index (χ3n) is 3.13. The van der Waals surface area contributed by atoms with Crippen molar-refractivity contribution in [3.05, 3.63) is 33.9 Å². The molecule has 0 radical (unpaired) electrons. The Balaban J connectivity index is 2.01. The number of nitro benzene ring substituents is 1. The number of aliphatic carboxylic acids is 1. The van der Waals surface area contributed by atoms with E-state index in [2.05, 4.69) is 5.32 Å². The number of benzene rings is 1. The number of carboxylic acids is 1. The molecule has 1 aliphatic rings. The van der Waals surface area contributed by atoms with Crippen LogP contribution in [0.2, 0.25) is 0 Å². The average molecular weight is 302 g/mol. The van der Waals surface area contributed by atoms with Crippen LogP contribution < -0.4 is 5.32 Å². The molecule has 21 heavy (non-hydrogen) atoms. The summed E-state index contributed by atoms with van der Waals surface area (Å²) >= 11 is 0. The smallest absolute Gasteiger partial charge is 0.332 e. The number of nitrogens with zero attached hydrogens (tertiary/aromatic N) is 1. The molecular formula is C12H12F2N2O5. The molecule has 2 unspecified atom stereocenters. The largest absolute Gasteiger partial charge is 0.479 e. The lowest BCUT2D eigenvalue weighted by atomic mass is 10.2. The van der Waals surface area contributed by atoms with Gasteiger partial charge >= 0.3 is 5.97 Å². The van der Waals surface area contributed by atoms with Crippen molar-refractivity contribution in [1.82, 2.24) is 0 Å². The molecule has 0 saturated carbocycles. The Hall–Kier alpha value is -2.29. The molecule has 0 aliphatic carbocycles. The highest BCUT2D eigenvalue weighted by atomic mass is 19.1. The van der Waals surface area contributed by atoms with Crippen LogP contribution in [0.15, 0.2) is 12.1 Å². The molecule has 0 aromatic heterocycles. The van der Waals surface area contributed by atoms with Crippen LogP contribution >= 0.6 is 0 Å². The number of hydrogen-bond donors (Lipinski definition) is 2. The molecule has 1 aromatic carbocycles. The van der Waals surface area contributed by atoms with Crippen LogP contribution in [0.3, 0.4) is 0 Å². The normalized spacial score (nSPS) is 21.2. The highest BCUT2D eigenvalue weighted by Crippen LogP contribution is 2.26. The maximum absolute atomic E-state index is 13.6. The Morgan fingerprint density at radius 2 is 2.05 bits per heavy atom. The molecule has 9 heteroatoms. The van der Waals surface area contributed by atoms with Crippen molar-refractivity contribution < 1.29 is 28.3 Å². The van der Waals surface area contributed by atoms with Crippen molar-refractivity contribution in [3.63, 3.8) is 0 Å². The number of halogens is 2. The Labute approximate surface area is 117 Å². The third-order valence-corrected chi connectivity index (χ3v) is 3.13. The summed E-state index contributed by atoms with van der Waals surface area (Å²) in [6.07, 6.45) is -0.629. The van der Waals surface area contributed by atoms with E-state index in [1.54, 1.807) is 0 Å². The molecule has 1 fully saturated rings. The summed E-state index contributed by atoms with van der Waals surface area (Å²) in [7, 11) is 0. The van der Waals surface area contributed by atoms with Crippen molar-refractivity contribution in [1.29, 1.82) is 0 Å². The van der Waals surface area contributed by atoms with Gasteiger partial charge in [0.15, 0.2) is 17.7 Å². The first kappa shape index (κ1) is 15.1. The fourth-order valence-corrected chi connectivity index (χ4v) is 2.09. The van der Waals surface area contributed by atoms with Crippen molar-refractivity contribution >= 4 is 17.3 Å². The number of carboxylic acid groups (broad SMARTS) is 1. The molecule has 0 spiro atoms. The maximum atomic E-state index is 13.6. The number of nitrogens with one attached hydrogen (secondary N) is 1. The quantitative estimate of drug-likeness (QED) is 0.636. The predicted molar refractivity (Wildman–Crippen MR) is 67.0 cm³/mol. The second-order valence-electron chi connectivity index (χ2n) is 4.58. The lowest BCUT2D eigenvalue weighted by Crippen LogP contribution is -2.25. The first-order valence-electron chi connectivity index (χ1n) is 6.14. The molecule has 0 bridgehead atoms. The number of anilines is 1. The first-order chi connectivity index (χ1) is 9.88. The van der Waals surface area contributed by atoms with Crippen LogP contribution in [0.4, 0.5) is 20.2 Å². The van der Waals surface area contributed by atoms with Crippen LogP contribution in [0.1, 0.15) is 12.8 Å². The summed E-state index contributed by atoms with van der Waals surface area (Å²) < 4.78 is 32.4. The highest BCUT2D eigenvalue weighted by Gasteiger charge is 2.30. The van der Waals surface area contributed by atoms with Gasteiger partial charge in [0.25, 0.3) is 5.69 Å². The van der Waals surface area contributed by atoms with Gasteiger partial charge in [0.1, 0.15) is 5.69 Å². The Morgan fingerprint density at radius 1 is 1.43 bits per heavy atom. The highest BCUT2D eigenvalue weighted by molar-refractivity contribution is 5.72. The third kappa shape index (κ3) is 3.43. The molecule has 1 heterocycles. The SMILES string of the molecule is O=C(O)C1CCC(CNc2c(F)cc([N+](=O)[O-])cc2F)O1. The summed E-state index contributed by atoms with van der Waals surface area (Å²) in [6, 6.07) is 1.22. The summed E-state index contributed by atoms with van der Waals surface area (Å²) in [6.45, 7) is 0.00936. The number of non-ortho nitro benzene ring substituents is 1. The van der Waals surface area contributed by atoms with E-state index in [4.69, 9.17) is 9.84 Å². The molecule has 1 aromatic rings.